The maximum absolute atomic E-state index is 12.7. The molecule has 0 unspecified atom stereocenters. The molecule has 0 aliphatic carbocycles. The molecule has 12 heavy (non-hydrogen) atoms. The highest BCUT2D eigenvalue weighted by molar-refractivity contribution is 6.04. The van der Waals surface area contributed by atoms with E-state index in [0.717, 1.165) is 0 Å². The van der Waals surface area contributed by atoms with Crippen molar-refractivity contribution in [1.82, 2.24) is 0 Å². The minimum Gasteiger partial charge on any atom is -0.363 e. The van der Waals surface area contributed by atoms with Gasteiger partial charge in [-0.2, -0.15) is 0 Å². The fourth-order valence-electron chi connectivity index (χ4n) is 0.512. The van der Waals surface area contributed by atoms with E-state index >= 15 is 0 Å². The SMILES string of the molecule is CC1(F)C(=O)OC(F)(F)OC1=O. The van der Waals surface area contributed by atoms with Gasteiger partial charge in [0.05, 0.1) is 0 Å². The van der Waals surface area contributed by atoms with Crippen LogP contribution in [0.5, 0.6) is 0 Å². The van der Waals surface area contributed by atoms with Gasteiger partial charge in [-0.3, -0.25) is 0 Å². The molecular formula is C5H3F3O4. The number of carbonyl (C=O) groups excluding carboxylic acids is 2. The van der Waals surface area contributed by atoms with Crippen molar-refractivity contribution in [3.8, 4) is 0 Å². The van der Waals surface area contributed by atoms with Crippen LogP contribution in [-0.4, -0.2) is 23.9 Å². The Morgan fingerprint density at radius 3 is 1.75 bits per heavy atom. The molecule has 0 aromatic carbocycles. The third kappa shape index (κ3) is 1.21. The van der Waals surface area contributed by atoms with E-state index in [0.29, 0.717) is 6.92 Å². The average Bonchev–Trinajstić information content (AvgIpc) is 1.82. The van der Waals surface area contributed by atoms with Crippen molar-refractivity contribution in [2.45, 2.75) is 18.9 Å². The Balaban J connectivity index is 2.93. The Bertz CT molecular complexity index is 225. The minimum absolute atomic E-state index is 0.479. The lowest BCUT2D eigenvalue weighted by Gasteiger charge is -2.27. The van der Waals surface area contributed by atoms with Crippen LogP contribution in [0.4, 0.5) is 13.2 Å². The van der Waals surface area contributed by atoms with E-state index in [1.165, 1.54) is 0 Å². The summed E-state index contributed by atoms with van der Waals surface area (Å²) in [5.74, 6) is -3.91. The maximum atomic E-state index is 12.7. The number of halogens is 3. The molecule has 0 aromatic heterocycles. The lowest BCUT2D eigenvalue weighted by molar-refractivity contribution is -0.373. The van der Waals surface area contributed by atoms with Gasteiger partial charge >= 0.3 is 18.2 Å². The number of hydrogen-bond acceptors (Lipinski definition) is 4. The van der Waals surface area contributed by atoms with Crippen LogP contribution in [0, 0.1) is 0 Å². The van der Waals surface area contributed by atoms with Crippen molar-refractivity contribution in [3.05, 3.63) is 0 Å². The zero-order valence-electron chi connectivity index (χ0n) is 5.77. The number of carbonyl (C=O) groups is 2. The molecule has 1 heterocycles. The zero-order chi connectivity index (χ0) is 9.57. The third-order valence-electron chi connectivity index (χ3n) is 1.19. The minimum atomic E-state index is -4.36. The molecule has 0 aromatic rings. The largest absolute Gasteiger partial charge is 0.590 e. The lowest BCUT2D eigenvalue weighted by atomic mass is 10.1. The van der Waals surface area contributed by atoms with Crippen molar-refractivity contribution in [3.63, 3.8) is 0 Å². The fraction of sp³-hybridized carbons (Fsp3) is 0.600. The number of esters is 2. The molecule has 0 radical (unpaired) electrons. The van der Waals surface area contributed by atoms with Crippen LogP contribution in [0.25, 0.3) is 0 Å². The van der Waals surface area contributed by atoms with Gasteiger partial charge in [0.1, 0.15) is 0 Å². The van der Waals surface area contributed by atoms with E-state index < -0.39 is 23.9 Å². The van der Waals surface area contributed by atoms with Crippen LogP contribution in [-0.2, 0) is 19.1 Å². The standard InChI is InChI=1S/C5H3F3O4/c1-4(6)2(9)11-5(7,8)12-3(4)10/h1H3. The summed E-state index contributed by atoms with van der Waals surface area (Å²) in [6, 6.07) is 0. The van der Waals surface area contributed by atoms with Gasteiger partial charge in [0.15, 0.2) is 0 Å². The highest BCUT2D eigenvalue weighted by Crippen LogP contribution is 2.30. The lowest BCUT2D eigenvalue weighted by Crippen LogP contribution is -2.53. The summed E-state index contributed by atoms with van der Waals surface area (Å²) >= 11 is 0. The summed E-state index contributed by atoms with van der Waals surface area (Å²) in [6.45, 7) is 0.479. The van der Waals surface area contributed by atoms with E-state index in [2.05, 4.69) is 9.47 Å². The second-order valence-corrected chi connectivity index (χ2v) is 2.25. The van der Waals surface area contributed by atoms with Crippen molar-refractivity contribution in [1.29, 1.82) is 0 Å². The van der Waals surface area contributed by atoms with Crippen LogP contribution < -0.4 is 0 Å². The van der Waals surface area contributed by atoms with Crippen molar-refractivity contribution < 1.29 is 32.2 Å². The van der Waals surface area contributed by atoms with Crippen LogP contribution in [0.2, 0.25) is 0 Å². The maximum Gasteiger partial charge on any atom is 0.590 e. The molecule has 1 aliphatic heterocycles. The number of hydrogen-bond donors (Lipinski definition) is 0. The van der Waals surface area contributed by atoms with Crippen LogP contribution in [0.1, 0.15) is 6.92 Å². The van der Waals surface area contributed by atoms with Gasteiger partial charge in [0.25, 0.3) is 5.67 Å². The van der Waals surface area contributed by atoms with E-state index in [-0.39, 0.29) is 0 Å². The van der Waals surface area contributed by atoms with Crippen LogP contribution in [0.3, 0.4) is 0 Å². The molecule has 0 atom stereocenters. The predicted molar refractivity (Wildman–Crippen MR) is 26.6 cm³/mol. The molecular weight excluding hydrogens is 181 g/mol. The van der Waals surface area contributed by atoms with Crippen LogP contribution >= 0.6 is 0 Å². The van der Waals surface area contributed by atoms with Gasteiger partial charge in [0, 0.05) is 0 Å². The molecule has 1 rings (SSSR count). The molecule has 1 aliphatic rings. The summed E-state index contributed by atoms with van der Waals surface area (Å²) < 4.78 is 43.0. The predicted octanol–water partition coefficient (Wildman–Crippen LogP) is 0.365. The third-order valence-corrected chi connectivity index (χ3v) is 1.19. The van der Waals surface area contributed by atoms with Gasteiger partial charge < -0.3 is 9.47 Å². The topological polar surface area (TPSA) is 52.6 Å². The molecule has 0 saturated carbocycles. The summed E-state index contributed by atoms with van der Waals surface area (Å²) in [7, 11) is 0. The summed E-state index contributed by atoms with van der Waals surface area (Å²) in [6.07, 6.45) is -4.36. The monoisotopic (exact) mass is 184 g/mol. The first-order valence-electron chi connectivity index (χ1n) is 2.79. The van der Waals surface area contributed by atoms with Gasteiger partial charge in [0.2, 0.25) is 0 Å². The van der Waals surface area contributed by atoms with E-state index in [1.807, 2.05) is 0 Å². The summed E-state index contributed by atoms with van der Waals surface area (Å²) in [5, 5.41) is 0. The number of cyclic esters (lactones) is 2. The second kappa shape index (κ2) is 2.11. The van der Waals surface area contributed by atoms with Crippen molar-refractivity contribution >= 4 is 11.9 Å². The normalized spacial score (nSPS) is 26.0. The average molecular weight is 184 g/mol. The molecule has 68 valence electrons. The van der Waals surface area contributed by atoms with E-state index in [4.69, 9.17) is 0 Å². The Kier molecular flexibility index (Phi) is 1.55. The summed E-state index contributed by atoms with van der Waals surface area (Å²) in [4.78, 5) is 20.7. The molecule has 0 spiro atoms. The second-order valence-electron chi connectivity index (χ2n) is 2.25. The van der Waals surface area contributed by atoms with Gasteiger partial charge in [-0.25, -0.2) is 14.0 Å². The van der Waals surface area contributed by atoms with Gasteiger partial charge in [-0.15, -0.1) is 8.78 Å². The molecule has 1 saturated heterocycles. The number of alkyl halides is 3. The number of rotatable bonds is 0. The molecule has 0 amide bonds. The molecule has 4 nitrogen and oxygen atoms in total. The Morgan fingerprint density at radius 1 is 1.08 bits per heavy atom. The Labute approximate surface area is 64.2 Å². The van der Waals surface area contributed by atoms with E-state index in [9.17, 15) is 22.8 Å². The Morgan fingerprint density at radius 2 is 1.42 bits per heavy atom. The number of ether oxygens (including phenoxy) is 2. The van der Waals surface area contributed by atoms with Crippen LogP contribution in [0.15, 0.2) is 0 Å². The molecule has 0 N–H and O–H groups in total. The highest BCUT2D eigenvalue weighted by Gasteiger charge is 2.59. The quantitative estimate of drug-likeness (QED) is 0.403. The van der Waals surface area contributed by atoms with Gasteiger partial charge in [-0.05, 0) is 6.92 Å². The first-order valence-corrected chi connectivity index (χ1v) is 2.79. The van der Waals surface area contributed by atoms with Crippen molar-refractivity contribution in [2.24, 2.45) is 0 Å². The molecule has 0 bridgehead atoms. The smallest absolute Gasteiger partial charge is 0.363 e. The zero-order valence-corrected chi connectivity index (χ0v) is 5.77. The fourth-order valence-corrected chi connectivity index (χ4v) is 0.512. The first kappa shape index (κ1) is 8.82. The molecule has 7 heteroatoms. The highest BCUT2D eigenvalue weighted by atomic mass is 19.3. The molecule has 1 fully saturated rings. The van der Waals surface area contributed by atoms with E-state index in [1.54, 1.807) is 0 Å². The van der Waals surface area contributed by atoms with Crippen molar-refractivity contribution in [2.75, 3.05) is 0 Å². The van der Waals surface area contributed by atoms with Gasteiger partial charge in [-0.1, -0.05) is 0 Å². The Hall–Kier alpha value is -1.27. The summed E-state index contributed by atoms with van der Waals surface area (Å²) in [5.41, 5.74) is -3.15. The first-order chi connectivity index (χ1) is 5.26.